The first kappa shape index (κ1) is 15.1. The maximum absolute atomic E-state index is 11.2. The van der Waals surface area contributed by atoms with E-state index in [0.717, 1.165) is 31.6 Å². The molecule has 100 valence electrons. The predicted octanol–water partition coefficient (Wildman–Crippen LogP) is 1.82. The van der Waals surface area contributed by atoms with Gasteiger partial charge in [0.15, 0.2) is 0 Å². The van der Waals surface area contributed by atoms with Crippen LogP contribution in [0.3, 0.4) is 0 Å². The number of carbonyl (C=O) groups is 1. The summed E-state index contributed by atoms with van der Waals surface area (Å²) in [4.78, 5) is 11.2. The third-order valence-electron chi connectivity index (χ3n) is 2.83. The lowest BCUT2D eigenvalue weighted by molar-refractivity contribution is -0.120. The zero-order chi connectivity index (χ0) is 13.2. The molecule has 0 spiro atoms. The minimum Gasteiger partial charge on any atom is -0.368 e. The normalized spacial score (nSPS) is 12.3. The van der Waals surface area contributed by atoms with E-state index in [2.05, 4.69) is 17.4 Å². The van der Waals surface area contributed by atoms with Crippen molar-refractivity contribution in [1.82, 2.24) is 5.32 Å². The average Bonchev–Trinajstić information content (AvgIpc) is 2.38. The highest BCUT2D eigenvalue weighted by atomic mass is 32.2. The van der Waals surface area contributed by atoms with Gasteiger partial charge in [-0.3, -0.25) is 4.79 Å². The Hall–Kier alpha value is -1.00. The van der Waals surface area contributed by atoms with E-state index in [9.17, 15) is 4.79 Å². The molecule has 0 fully saturated rings. The van der Waals surface area contributed by atoms with Crippen molar-refractivity contribution in [1.29, 1.82) is 0 Å². The summed E-state index contributed by atoms with van der Waals surface area (Å²) in [5.74, 6) is 0.711. The molecule has 0 radical (unpaired) electrons. The van der Waals surface area contributed by atoms with Gasteiger partial charge in [0.05, 0.1) is 6.04 Å². The average molecular weight is 266 g/mol. The Balaban J connectivity index is 2.20. The molecule has 0 bridgehead atoms. The lowest BCUT2D eigenvalue weighted by atomic mass is 10.1. The van der Waals surface area contributed by atoms with Gasteiger partial charge < -0.3 is 11.1 Å². The molecule has 0 saturated carbocycles. The Kier molecular flexibility index (Phi) is 7.53. The summed E-state index contributed by atoms with van der Waals surface area (Å²) in [5.41, 5.74) is 6.69. The van der Waals surface area contributed by atoms with E-state index in [0.29, 0.717) is 0 Å². The van der Waals surface area contributed by atoms with Gasteiger partial charge in [-0.05, 0) is 43.4 Å². The van der Waals surface area contributed by atoms with Crippen LogP contribution in [0, 0.1) is 0 Å². The molecule has 0 heterocycles. The van der Waals surface area contributed by atoms with Gasteiger partial charge in [0, 0.05) is 0 Å². The topological polar surface area (TPSA) is 55.1 Å². The molecular weight excluding hydrogens is 244 g/mol. The molecule has 18 heavy (non-hydrogen) atoms. The number of benzene rings is 1. The van der Waals surface area contributed by atoms with Gasteiger partial charge in [-0.15, -0.1) is 0 Å². The molecule has 0 saturated heterocycles. The number of thioether (sulfide) groups is 1. The van der Waals surface area contributed by atoms with Crippen LogP contribution in [-0.4, -0.2) is 30.5 Å². The molecule has 0 aliphatic heterocycles. The maximum Gasteiger partial charge on any atom is 0.234 e. The van der Waals surface area contributed by atoms with Gasteiger partial charge in [-0.1, -0.05) is 30.3 Å². The van der Waals surface area contributed by atoms with Gasteiger partial charge in [0.2, 0.25) is 5.91 Å². The van der Waals surface area contributed by atoms with Crippen molar-refractivity contribution in [2.24, 2.45) is 5.73 Å². The van der Waals surface area contributed by atoms with Crippen LogP contribution in [0.1, 0.15) is 18.4 Å². The van der Waals surface area contributed by atoms with Crippen LogP contribution in [0.2, 0.25) is 0 Å². The molecule has 1 aromatic carbocycles. The number of nitrogens with two attached hydrogens (primary N) is 1. The van der Waals surface area contributed by atoms with E-state index in [1.54, 1.807) is 11.8 Å². The lowest BCUT2D eigenvalue weighted by Crippen LogP contribution is -2.42. The van der Waals surface area contributed by atoms with Gasteiger partial charge in [-0.25, -0.2) is 0 Å². The number of rotatable bonds is 9. The van der Waals surface area contributed by atoms with Gasteiger partial charge in [-0.2, -0.15) is 11.8 Å². The Morgan fingerprint density at radius 2 is 2.11 bits per heavy atom. The van der Waals surface area contributed by atoms with E-state index in [1.807, 2.05) is 24.5 Å². The Labute approximate surface area is 114 Å². The molecule has 1 amide bonds. The Morgan fingerprint density at radius 1 is 1.39 bits per heavy atom. The van der Waals surface area contributed by atoms with E-state index >= 15 is 0 Å². The molecule has 0 aliphatic rings. The number of hydrogen-bond donors (Lipinski definition) is 2. The van der Waals surface area contributed by atoms with Crippen molar-refractivity contribution < 1.29 is 4.79 Å². The summed E-state index contributed by atoms with van der Waals surface area (Å²) in [5, 5.41) is 3.24. The van der Waals surface area contributed by atoms with Crippen molar-refractivity contribution in [3.05, 3.63) is 35.9 Å². The maximum atomic E-state index is 11.2. The lowest BCUT2D eigenvalue weighted by Gasteiger charge is -2.14. The van der Waals surface area contributed by atoms with Crippen LogP contribution in [0.25, 0.3) is 0 Å². The first-order valence-electron chi connectivity index (χ1n) is 6.29. The second-order valence-electron chi connectivity index (χ2n) is 4.28. The third-order valence-corrected chi connectivity index (χ3v) is 3.47. The monoisotopic (exact) mass is 266 g/mol. The molecular formula is C14H22N2OS. The summed E-state index contributed by atoms with van der Waals surface area (Å²) in [6.07, 6.45) is 4.89. The quantitative estimate of drug-likeness (QED) is 0.670. The third kappa shape index (κ3) is 6.07. The molecule has 4 heteroatoms. The zero-order valence-corrected chi connectivity index (χ0v) is 11.7. The van der Waals surface area contributed by atoms with Gasteiger partial charge in [0.1, 0.15) is 0 Å². The summed E-state index contributed by atoms with van der Waals surface area (Å²) < 4.78 is 0. The SMILES string of the molecule is CSCC[C@@H](NCCCc1ccccc1)C(N)=O. The number of primary amides is 1. The standard InChI is InChI=1S/C14H22N2OS/c1-18-11-9-13(14(15)17)16-10-5-8-12-6-3-2-4-7-12/h2-4,6-7,13,16H,5,8-11H2,1H3,(H2,15,17)/t13-/m1/s1. The van der Waals surface area contributed by atoms with Crippen molar-refractivity contribution in [2.45, 2.75) is 25.3 Å². The fourth-order valence-electron chi connectivity index (χ4n) is 1.79. The fourth-order valence-corrected chi connectivity index (χ4v) is 2.27. The smallest absolute Gasteiger partial charge is 0.234 e. The van der Waals surface area contributed by atoms with Crippen molar-refractivity contribution in [2.75, 3.05) is 18.6 Å². The largest absolute Gasteiger partial charge is 0.368 e. The molecule has 0 unspecified atom stereocenters. The number of aryl methyl sites for hydroxylation is 1. The highest BCUT2D eigenvalue weighted by Gasteiger charge is 2.13. The molecule has 0 aromatic heterocycles. The van der Waals surface area contributed by atoms with Crippen LogP contribution in [0.5, 0.6) is 0 Å². The van der Waals surface area contributed by atoms with Crippen molar-refractivity contribution >= 4 is 17.7 Å². The first-order valence-corrected chi connectivity index (χ1v) is 7.69. The number of hydrogen-bond acceptors (Lipinski definition) is 3. The number of nitrogens with one attached hydrogen (secondary N) is 1. The van der Waals surface area contributed by atoms with Crippen LogP contribution < -0.4 is 11.1 Å². The Morgan fingerprint density at radius 3 is 2.72 bits per heavy atom. The second kappa shape index (κ2) is 9.00. The second-order valence-corrected chi connectivity index (χ2v) is 5.27. The zero-order valence-electron chi connectivity index (χ0n) is 10.9. The molecule has 1 aromatic rings. The van der Waals surface area contributed by atoms with Gasteiger partial charge >= 0.3 is 0 Å². The summed E-state index contributed by atoms with van der Waals surface area (Å²) in [6, 6.07) is 10.2. The van der Waals surface area contributed by atoms with Crippen LogP contribution in [-0.2, 0) is 11.2 Å². The van der Waals surface area contributed by atoms with Crippen molar-refractivity contribution in [3.8, 4) is 0 Å². The predicted molar refractivity (Wildman–Crippen MR) is 78.7 cm³/mol. The van der Waals surface area contributed by atoms with E-state index in [4.69, 9.17) is 5.73 Å². The number of amides is 1. The van der Waals surface area contributed by atoms with E-state index in [1.165, 1.54) is 5.56 Å². The minimum atomic E-state index is -0.247. The summed E-state index contributed by atoms with van der Waals surface area (Å²) in [7, 11) is 0. The molecule has 1 rings (SSSR count). The minimum absolute atomic E-state index is 0.187. The van der Waals surface area contributed by atoms with E-state index < -0.39 is 0 Å². The molecule has 3 N–H and O–H groups in total. The highest BCUT2D eigenvalue weighted by Crippen LogP contribution is 2.03. The number of carbonyl (C=O) groups excluding carboxylic acids is 1. The van der Waals surface area contributed by atoms with Crippen LogP contribution in [0.4, 0.5) is 0 Å². The van der Waals surface area contributed by atoms with Crippen LogP contribution >= 0.6 is 11.8 Å². The highest BCUT2D eigenvalue weighted by molar-refractivity contribution is 7.98. The first-order chi connectivity index (χ1) is 8.74. The molecule has 3 nitrogen and oxygen atoms in total. The summed E-state index contributed by atoms with van der Waals surface area (Å²) >= 11 is 1.74. The molecule has 1 atom stereocenters. The van der Waals surface area contributed by atoms with Gasteiger partial charge in [0.25, 0.3) is 0 Å². The fraction of sp³-hybridized carbons (Fsp3) is 0.500. The van der Waals surface area contributed by atoms with Crippen LogP contribution in [0.15, 0.2) is 30.3 Å². The molecule has 0 aliphatic carbocycles. The van der Waals surface area contributed by atoms with E-state index in [-0.39, 0.29) is 11.9 Å². The van der Waals surface area contributed by atoms with Crippen molar-refractivity contribution in [3.63, 3.8) is 0 Å². The summed E-state index contributed by atoms with van der Waals surface area (Å²) in [6.45, 7) is 0.830. The Bertz CT molecular complexity index is 343.